The highest BCUT2D eigenvalue weighted by Crippen LogP contribution is 2.27. The second-order valence-electron chi connectivity index (χ2n) is 5.45. The Morgan fingerprint density at radius 2 is 2.00 bits per heavy atom. The quantitative estimate of drug-likeness (QED) is 0.629. The van der Waals surface area contributed by atoms with Gasteiger partial charge in [0.2, 0.25) is 0 Å². The predicted octanol–water partition coefficient (Wildman–Crippen LogP) is 4.99. The van der Waals surface area contributed by atoms with Gasteiger partial charge in [0, 0.05) is 5.02 Å². The maximum absolute atomic E-state index is 11.7. The van der Waals surface area contributed by atoms with E-state index in [1.165, 1.54) is 0 Å². The molecule has 0 amide bonds. The molecule has 0 bridgehead atoms. The molecule has 118 valence electrons. The predicted molar refractivity (Wildman–Crippen MR) is 86.2 cm³/mol. The molecule has 0 heterocycles. The van der Waals surface area contributed by atoms with E-state index in [9.17, 15) is 4.79 Å². The number of benzene rings is 1. The van der Waals surface area contributed by atoms with Crippen molar-refractivity contribution in [1.29, 1.82) is 0 Å². The van der Waals surface area contributed by atoms with Gasteiger partial charge < -0.3 is 9.47 Å². The largest absolute Gasteiger partial charge is 0.480 e. The Labute approximate surface area is 136 Å². The maximum atomic E-state index is 11.7. The Hall–Kier alpha value is -0.930. The molecule has 21 heavy (non-hydrogen) atoms. The number of rotatable bonds is 8. The fourth-order valence-corrected chi connectivity index (χ4v) is 2.46. The summed E-state index contributed by atoms with van der Waals surface area (Å²) in [6.07, 6.45) is 2.04. The molecule has 1 unspecified atom stereocenters. The third-order valence-corrected chi connectivity index (χ3v) is 3.63. The molecule has 0 aliphatic carbocycles. The van der Waals surface area contributed by atoms with Crippen LogP contribution in [0.5, 0.6) is 5.75 Å². The van der Waals surface area contributed by atoms with Gasteiger partial charge in [-0.05, 0) is 36.5 Å². The van der Waals surface area contributed by atoms with E-state index >= 15 is 0 Å². The van der Waals surface area contributed by atoms with E-state index in [0.29, 0.717) is 34.2 Å². The molecule has 0 aliphatic heterocycles. The number of hydrogen-bond donors (Lipinski definition) is 0. The summed E-state index contributed by atoms with van der Waals surface area (Å²) >= 11 is 11.7. The topological polar surface area (TPSA) is 35.5 Å². The van der Waals surface area contributed by atoms with Crippen molar-refractivity contribution in [1.82, 2.24) is 0 Å². The molecule has 0 N–H and O–H groups in total. The van der Waals surface area contributed by atoms with Gasteiger partial charge in [-0.1, -0.05) is 50.4 Å². The van der Waals surface area contributed by atoms with Crippen LogP contribution in [0.1, 0.15) is 33.6 Å². The molecule has 5 heteroatoms. The van der Waals surface area contributed by atoms with Gasteiger partial charge in [-0.25, -0.2) is 4.79 Å². The first-order valence-electron chi connectivity index (χ1n) is 7.15. The third-order valence-electron chi connectivity index (χ3n) is 3.10. The lowest BCUT2D eigenvalue weighted by Gasteiger charge is -2.17. The van der Waals surface area contributed by atoms with Crippen LogP contribution >= 0.6 is 23.2 Å². The van der Waals surface area contributed by atoms with Crippen molar-refractivity contribution in [2.24, 2.45) is 11.8 Å². The number of esters is 1. The first kappa shape index (κ1) is 18.1. The van der Waals surface area contributed by atoms with Gasteiger partial charge in [-0.15, -0.1) is 0 Å². The normalized spacial score (nSPS) is 12.3. The van der Waals surface area contributed by atoms with Gasteiger partial charge in [-0.2, -0.15) is 0 Å². The lowest BCUT2D eigenvalue weighted by atomic mass is 9.96. The molecule has 0 saturated heterocycles. The molecule has 1 atom stereocenters. The van der Waals surface area contributed by atoms with Crippen molar-refractivity contribution in [2.45, 2.75) is 33.6 Å². The van der Waals surface area contributed by atoms with Gasteiger partial charge in [-0.3, -0.25) is 0 Å². The Bertz CT molecular complexity index is 461. The fourth-order valence-electron chi connectivity index (χ4n) is 2.00. The van der Waals surface area contributed by atoms with Crippen molar-refractivity contribution in [2.75, 3.05) is 13.2 Å². The van der Waals surface area contributed by atoms with E-state index in [4.69, 9.17) is 32.7 Å². The minimum absolute atomic E-state index is 0.153. The average molecular weight is 333 g/mol. The Morgan fingerprint density at radius 1 is 1.29 bits per heavy atom. The van der Waals surface area contributed by atoms with Crippen LogP contribution in [0.15, 0.2) is 18.2 Å². The Balaban J connectivity index is 2.36. The first-order valence-corrected chi connectivity index (χ1v) is 7.91. The Kier molecular flexibility index (Phi) is 7.91. The highest BCUT2D eigenvalue weighted by atomic mass is 35.5. The third kappa shape index (κ3) is 7.05. The lowest BCUT2D eigenvalue weighted by molar-refractivity contribution is -0.147. The van der Waals surface area contributed by atoms with Crippen molar-refractivity contribution >= 4 is 29.2 Å². The van der Waals surface area contributed by atoms with Crippen molar-refractivity contribution in [3.63, 3.8) is 0 Å². The zero-order valence-electron chi connectivity index (χ0n) is 12.7. The number of ether oxygens (including phenoxy) is 2. The number of carbonyl (C=O) groups is 1. The second kappa shape index (κ2) is 9.16. The summed E-state index contributed by atoms with van der Waals surface area (Å²) in [7, 11) is 0. The minimum Gasteiger partial charge on any atom is -0.480 e. The van der Waals surface area contributed by atoms with Crippen LogP contribution in [-0.2, 0) is 9.53 Å². The van der Waals surface area contributed by atoms with E-state index in [1.807, 2.05) is 0 Å². The summed E-state index contributed by atoms with van der Waals surface area (Å²) in [6, 6.07) is 4.86. The van der Waals surface area contributed by atoms with E-state index in [1.54, 1.807) is 18.2 Å². The van der Waals surface area contributed by atoms with E-state index in [2.05, 4.69) is 20.8 Å². The van der Waals surface area contributed by atoms with Gasteiger partial charge in [0.1, 0.15) is 5.75 Å². The van der Waals surface area contributed by atoms with Crippen LogP contribution in [0, 0.1) is 11.8 Å². The van der Waals surface area contributed by atoms with Gasteiger partial charge in [0.25, 0.3) is 0 Å². The lowest BCUT2D eigenvalue weighted by Crippen LogP contribution is -2.20. The zero-order valence-corrected chi connectivity index (χ0v) is 14.2. The van der Waals surface area contributed by atoms with Crippen molar-refractivity contribution in [3.8, 4) is 5.75 Å². The molecule has 3 nitrogen and oxygen atoms in total. The maximum Gasteiger partial charge on any atom is 0.344 e. The van der Waals surface area contributed by atoms with Crippen molar-refractivity contribution < 1.29 is 14.3 Å². The molecule has 0 spiro atoms. The van der Waals surface area contributed by atoms with Crippen molar-refractivity contribution in [3.05, 3.63) is 28.2 Å². The monoisotopic (exact) mass is 332 g/mol. The van der Waals surface area contributed by atoms with Gasteiger partial charge >= 0.3 is 5.97 Å². The van der Waals surface area contributed by atoms with Gasteiger partial charge in [0.15, 0.2) is 6.61 Å². The molecular formula is C16H22Cl2O3. The zero-order chi connectivity index (χ0) is 15.8. The molecule has 1 aromatic rings. The van der Waals surface area contributed by atoms with Gasteiger partial charge in [0.05, 0.1) is 11.6 Å². The molecule has 0 aliphatic rings. The first-order chi connectivity index (χ1) is 9.92. The summed E-state index contributed by atoms with van der Waals surface area (Å²) in [6.45, 7) is 6.71. The van der Waals surface area contributed by atoms with Crippen LogP contribution in [0.4, 0.5) is 0 Å². The fraction of sp³-hybridized carbons (Fsp3) is 0.562. The molecule has 0 saturated carbocycles. The molecule has 1 rings (SSSR count). The smallest absolute Gasteiger partial charge is 0.344 e. The van der Waals surface area contributed by atoms with Crippen LogP contribution in [0.3, 0.4) is 0 Å². The van der Waals surface area contributed by atoms with Crippen LogP contribution in [0.2, 0.25) is 10.0 Å². The summed E-state index contributed by atoms with van der Waals surface area (Å²) in [5, 5.41) is 0.899. The highest BCUT2D eigenvalue weighted by Gasteiger charge is 2.13. The van der Waals surface area contributed by atoms with Crippen LogP contribution in [-0.4, -0.2) is 19.2 Å². The average Bonchev–Trinajstić information content (AvgIpc) is 2.42. The highest BCUT2D eigenvalue weighted by molar-refractivity contribution is 6.35. The minimum atomic E-state index is -0.386. The molecular weight excluding hydrogens is 311 g/mol. The standard InChI is InChI=1S/C16H22Cl2O3/c1-4-12(7-11(2)3)9-21-16(19)10-20-15-6-5-13(17)8-14(15)18/h5-6,8,11-12H,4,7,9-10H2,1-3H3. The van der Waals surface area contributed by atoms with Crippen LogP contribution in [0.25, 0.3) is 0 Å². The Morgan fingerprint density at radius 3 is 2.57 bits per heavy atom. The number of hydrogen-bond acceptors (Lipinski definition) is 3. The second-order valence-corrected chi connectivity index (χ2v) is 6.29. The molecule has 1 aromatic carbocycles. The summed E-state index contributed by atoms with van der Waals surface area (Å²) in [5.74, 6) is 1.03. The number of halogens is 2. The molecule has 0 radical (unpaired) electrons. The summed E-state index contributed by atoms with van der Waals surface area (Å²) in [5.41, 5.74) is 0. The van der Waals surface area contributed by atoms with Crippen LogP contribution < -0.4 is 4.74 Å². The molecule has 0 fully saturated rings. The summed E-state index contributed by atoms with van der Waals surface area (Å²) < 4.78 is 10.6. The van der Waals surface area contributed by atoms with E-state index < -0.39 is 0 Å². The number of carbonyl (C=O) groups excluding carboxylic acids is 1. The van der Waals surface area contributed by atoms with E-state index in [-0.39, 0.29) is 12.6 Å². The molecule has 0 aromatic heterocycles. The van der Waals surface area contributed by atoms with E-state index in [0.717, 1.165) is 12.8 Å². The SMILES string of the molecule is CCC(COC(=O)COc1ccc(Cl)cc1Cl)CC(C)C. The summed E-state index contributed by atoms with van der Waals surface area (Å²) in [4.78, 5) is 11.7.